The second-order valence-electron chi connectivity index (χ2n) is 5.01. The molecule has 0 spiro atoms. The molecule has 0 aliphatic rings. The molecule has 3 nitrogen and oxygen atoms in total. The van der Waals surface area contributed by atoms with Crippen molar-refractivity contribution in [3.63, 3.8) is 0 Å². The van der Waals surface area contributed by atoms with E-state index in [1.54, 1.807) is 7.11 Å². The summed E-state index contributed by atoms with van der Waals surface area (Å²) in [7, 11) is 1.68. The summed E-state index contributed by atoms with van der Waals surface area (Å²) in [6.45, 7) is 7.62. The molecular formula is C15H24ClNO2. The maximum Gasteiger partial charge on any atom is 0.0954 e. The minimum absolute atomic E-state index is 0.00446. The number of methoxy groups -OCH3 is 1. The second-order valence-corrected chi connectivity index (χ2v) is 5.44. The summed E-state index contributed by atoms with van der Waals surface area (Å²) < 4.78 is 11.2. The molecule has 2 atom stereocenters. The lowest BCUT2D eigenvalue weighted by Gasteiger charge is -2.24. The third-order valence-electron chi connectivity index (χ3n) is 2.75. The Morgan fingerprint density at radius 2 is 1.79 bits per heavy atom. The van der Waals surface area contributed by atoms with Crippen LogP contribution in [0.25, 0.3) is 0 Å². The van der Waals surface area contributed by atoms with Crippen molar-refractivity contribution in [2.75, 3.05) is 20.3 Å². The summed E-state index contributed by atoms with van der Waals surface area (Å²) in [5.41, 5.74) is 1.13. The maximum absolute atomic E-state index is 6.04. The molecule has 19 heavy (non-hydrogen) atoms. The monoisotopic (exact) mass is 285 g/mol. The van der Waals surface area contributed by atoms with Crippen molar-refractivity contribution in [3.05, 3.63) is 34.9 Å². The summed E-state index contributed by atoms with van der Waals surface area (Å²) in [6.07, 6.45) is 0.0597. The van der Waals surface area contributed by atoms with Crippen molar-refractivity contribution in [1.82, 2.24) is 5.32 Å². The van der Waals surface area contributed by atoms with E-state index in [1.165, 1.54) is 0 Å². The number of hydrogen-bond donors (Lipinski definition) is 1. The van der Waals surface area contributed by atoms with E-state index in [1.807, 2.05) is 31.2 Å². The first-order valence-electron chi connectivity index (χ1n) is 6.66. The van der Waals surface area contributed by atoms with E-state index in [0.29, 0.717) is 12.6 Å². The van der Waals surface area contributed by atoms with Gasteiger partial charge in [0.25, 0.3) is 0 Å². The van der Waals surface area contributed by atoms with Crippen molar-refractivity contribution < 1.29 is 9.47 Å². The first-order valence-corrected chi connectivity index (χ1v) is 7.04. The van der Waals surface area contributed by atoms with Crippen LogP contribution in [0.3, 0.4) is 0 Å². The fourth-order valence-electron chi connectivity index (χ4n) is 1.82. The van der Waals surface area contributed by atoms with Crippen LogP contribution >= 0.6 is 11.6 Å². The molecule has 0 saturated carbocycles. The van der Waals surface area contributed by atoms with Gasteiger partial charge in [-0.2, -0.15) is 0 Å². The van der Waals surface area contributed by atoms with Crippen LogP contribution in [0.2, 0.25) is 5.02 Å². The summed E-state index contributed by atoms with van der Waals surface area (Å²) in [5.74, 6) is 0. The number of halogens is 1. The SMILES string of the molecule is COCC(C)OC(CNC(C)C)c1ccc(Cl)cc1. The standard InChI is InChI=1S/C15H24ClNO2/c1-11(2)17-9-15(19-12(3)10-18-4)13-5-7-14(16)8-6-13/h5-8,11-12,15,17H,9-10H2,1-4H3. The second kappa shape index (κ2) is 8.54. The predicted molar refractivity (Wildman–Crippen MR) is 79.8 cm³/mol. The molecule has 0 aliphatic carbocycles. The van der Waals surface area contributed by atoms with Crippen LogP contribution in [0.4, 0.5) is 0 Å². The highest BCUT2D eigenvalue weighted by atomic mass is 35.5. The topological polar surface area (TPSA) is 30.5 Å². The average Bonchev–Trinajstić information content (AvgIpc) is 2.35. The molecule has 0 bridgehead atoms. The Morgan fingerprint density at radius 3 is 2.32 bits per heavy atom. The van der Waals surface area contributed by atoms with Crippen LogP contribution < -0.4 is 5.32 Å². The smallest absolute Gasteiger partial charge is 0.0954 e. The highest BCUT2D eigenvalue weighted by Gasteiger charge is 2.16. The molecule has 0 amide bonds. The van der Waals surface area contributed by atoms with Crippen LogP contribution in [0.5, 0.6) is 0 Å². The van der Waals surface area contributed by atoms with Gasteiger partial charge in [-0.05, 0) is 24.6 Å². The Labute approximate surface area is 121 Å². The Kier molecular flexibility index (Phi) is 7.39. The number of ether oxygens (including phenoxy) is 2. The van der Waals surface area contributed by atoms with Gasteiger partial charge in [0.2, 0.25) is 0 Å². The summed E-state index contributed by atoms with van der Waals surface area (Å²) in [5, 5.41) is 4.15. The van der Waals surface area contributed by atoms with E-state index in [0.717, 1.165) is 17.1 Å². The highest BCUT2D eigenvalue weighted by molar-refractivity contribution is 6.30. The Balaban J connectivity index is 2.70. The molecule has 0 heterocycles. The fourth-order valence-corrected chi connectivity index (χ4v) is 1.95. The van der Waals surface area contributed by atoms with Gasteiger partial charge in [0.1, 0.15) is 0 Å². The quantitative estimate of drug-likeness (QED) is 0.794. The van der Waals surface area contributed by atoms with Crippen molar-refractivity contribution in [2.24, 2.45) is 0 Å². The van der Waals surface area contributed by atoms with E-state index in [9.17, 15) is 0 Å². The van der Waals surface area contributed by atoms with E-state index >= 15 is 0 Å². The summed E-state index contributed by atoms with van der Waals surface area (Å²) in [6, 6.07) is 8.23. The van der Waals surface area contributed by atoms with Crippen LogP contribution in [-0.4, -0.2) is 32.4 Å². The van der Waals surface area contributed by atoms with Crippen LogP contribution in [0.15, 0.2) is 24.3 Å². The zero-order valence-electron chi connectivity index (χ0n) is 12.2. The molecule has 4 heteroatoms. The van der Waals surface area contributed by atoms with E-state index in [2.05, 4.69) is 19.2 Å². The Hall–Kier alpha value is -0.610. The molecule has 0 radical (unpaired) electrons. The average molecular weight is 286 g/mol. The molecule has 2 unspecified atom stereocenters. The molecule has 108 valence electrons. The van der Waals surface area contributed by atoms with Crippen molar-refractivity contribution >= 4 is 11.6 Å². The van der Waals surface area contributed by atoms with E-state index in [4.69, 9.17) is 21.1 Å². The summed E-state index contributed by atoms with van der Waals surface area (Å²) in [4.78, 5) is 0. The molecule has 0 aromatic heterocycles. The van der Waals surface area contributed by atoms with Crippen molar-refractivity contribution in [1.29, 1.82) is 0 Å². The first-order chi connectivity index (χ1) is 9.02. The fraction of sp³-hybridized carbons (Fsp3) is 0.600. The van der Waals surface area contributed by atoms with Gasteiger partial charge in [0, 0.05) is 24.7 Å². The van der Waals surface area contributed by atoms with Gasteiger partial charge in [-0.1, -0.05) is 37.6 Å². The van der Waals surface area contributed by atoms with E-state index in [-0.39, 0.29) is 12.2 Å². The molecule has 1 N–H and O–H groups in total. The van der Waals surface area contributed by atoms with Crippen LogP contribution in [0, 0.1) is 0 Å². The number of hydrogen-bond acceptors (Lipinski definition) is 3. The zero-order valence-corrected chi connectivity index (χ0v) is 12.9. The van der Waals surface area contributed by atoms with Crippen LogP contribution in [-0.2, 0) is 9.47 Å². The maximum atomic E-state index is 6.04. The van der Waals surface area contributed by atoms with Gasteiger partial charge < -0.3 is 14.8 Å². The summed E-state index contributed by atoms with van der Waals surface area (Å²) >= 11 is 5.92. The zero-order chi connectivity index (χ0) is 14.3. The van der Waals surface area contributed by atoms with Crippen molar-refractivity contribution in [3.8, 4) is 0 Å². The van der Waals surface area contributed by atoms with Gasteiger partial charge in [-0.3, -0.25) is 0 Å². The van der Waals surface area contributed by atoms with Crippen molar-refractivity contribution in [2.45, 2.75) is 39.0 Å². The van der Waals surface area contributed by atoms with Gasteiger partial charge in [0.15, 0.2) is 0 Å². The Morgan fingerprint density at radius 1 is 1.16 bits per heavy atom. The van der Waals surface area contributed by atoms with Gasteiger partial charge in [0.05, 0.1) is 18.8 Å². The molecule has 1 aromatic rings. The number of benzene rings is 1. The largest absolute Gasteiger partial charge is 0.382 e. The van der Waals surface area contributed by atoms with Crippen LogP contribution in [0.1, 0.15) is 32.4 Å². The normalized spacial score (nSPS) is 14.6. The number of nitrogens with one attached hydrogen (secondary N) is 1. The third-order valence-corrected chi connectivity index (χ3v) is 3.00. The lowest BCUT2D eigenvalue weighted by molar-refractivity contribution is -0.0399. The molecule has 0 fully saturated rings. The Bertz CT molecular complexity index is 354. The first kappa shape index (κ1) is 16.4. The minimum Gasteiger partial charge on any atom is -0.382 e. The molecule has 1 aromatic carbocycles. The predicted octanol–water partition coefficient (Wildman–Crippen LogP) is 3.43. The molecular weight excluding hydrogens is 262 g/mol. The van der Waals surface area contributed by atoms with Gasteiger partial charge in [-0.15, -0.1) is 0 Å². The lowest BCUT2D eigenvalue weighted by atomic mass is 10.1. The molecule has 0 aliphatic heterocycles. The minimum atomic E-state index is 0.00446. The number of rotatable bonds is 8. The molecule has 1 rings (SSSR count). The highest BCUT2D eigenvalue weighted by Crippen LogP contribution is 2.21. The van der Waals surface area contributed by atoms with Gasteiger partial charge in [-0.25, -0.2) is 0 Å². The molecule has 0 saturated heterocycles. The third kappa shape index (κ3) is 6.39. The van der Waals surface area contributed by atoms with E-state index < -0.39 is 0 Å². The lowest BCUT2D eigenvalue weighted by Crippen LogP contribution is -2.31. The van der Waals surface area contributed by atoms with Gasteiger partial charge >= 0.3 is 0 Å².